The van der Waals surface area contributed by atoms with Gasteiger partial charge in [-0.3, -0.25) is 4.79 Å². The van der Waals surface area contributed by atoms with E-state index in [9.17, 15) is 9.18 Å². The van der Waals surface area contributed by atoms with E-state index in [-0.39, 0.29) is 29.5 Å². The van der Waals surface area contributed by atoms with Gasteiger partial charge in [-0.1, -0.05) is 37.5 Å². The highest BCUT2D eigenvalue weighted by molar-refractivity contribution is 5.79. The highest BCUT2D eigenvalue weighted by atomic mass is 19.1. The van der Waals surface area contributed by atoms with Gasteiger partial charge in [-0.25, -0.2) is 4.39 Å². The van der Waals surface area contributed by atoms with Gasteiger partial charge in [-0.2, -0.15) is 0 Å². The number of aromatic nitrogens is 3. The van der Waals surface area contributed by atoms with Gasteiger partial charge in [0.25, 0.3) is 0 Å². The second-order valence-corrected chi connectivity index (χ2v) is 7.99. The van der Waals surface area contributed by atoms with E-state index in [2.05, 4.69) is 21.7 Å². The van der Waals surface area contributed by atoms with Gasteiger partial charge >= 0.3 is 0 Å². The van der Waals surface area contributed by atoms with Crippen LogP contribution in [0.5, 0.6) is 0 Å². The number of carbonyl (C=O) groups excluding carboxylic acids is 1. The highest BCUT2D eigenvalue weighted by Crippen LogP contribution is 2.51. The smallest absolute Gasteiger partial charge is 0.227 e. The fraction of sp³-hybridized carbons (Fsp3) is 0.571. The van der Waals surface area contributed by atoms with Crippen molar-refractivity contribution in [1.82, 2.24) is 19.7 Å². The van der Waals surface area contributed by atoms with E-state index in [1.807, 2.05) is 4.90 Å². The van der Waals surface area contributed by atoms with Crippen LogP contribution >= 0.6 is 0 Å². The molecule has 1 aliphatic heterocycles. The number of hydrogen-bond donors (Lipinski definition) is 0. The summed E-state index contributed by atoms with van der Waals surface area (Å²) in [5, 5.41) is 8.55. The summed E-state index contributed by atoms with van der Waals surface area (Å²) in [7, 11) is 0. The highest BCUT2D eigenvalue weighted by Gasteiger charge is 2.50. The average molecular weight is 370 g/mol. The van der Waals surface area contributed by atoms with Crippen LogP contribution in [0.25, 0.3) is 0 Å². The first-order chi connectivity index (χ1) is 13.1. The maximum absolute atomic E-state index is 14.0. The summed E-state index contributed by atoms with van der Waals surface area (Å²) in [5.41, 5.74) is 0.559. The van der Waals surface area contributed by atoms with Crippen LogP contribution in [-0.2, 0) is 17.8 Å². The van der Waals surface area contributed by atoms with Crippen molar-refractivity contribution in [3.05, 3.63) is 47.8 Å². The maximum atomic E-state index is 14.0. The van der Waals surface area contributed by atoms with E-state index in [1.165, 1.54) is 25.3 Å². The number of likely N-dealkylation sites (tertiary alicyclic amines) is 1. The molecule has 2 aromatic rings. The molecule has 1 aromatic carbocycles. The Bertz CT molecular complexity index is 812. The first-order valence-corrected chi connectivity index (χ1v) is 10.0. The number of amides is 1. The van der Waals surface area contributed by atoms with Crippen LogP contribution in [0.1, 0.15) is 56.3 Å². The topological polar surface area (TPSA) is 51.0 Å². The number of halogens is 1. The van der Waals surface area contributed by atoms with Crippen LogP contribution in [0.4, 0.5) is 4.39 Å². The average Bonchev–Trinajstić information content (AvgIpc) is 3.28. The van der Waals surface area contributed by atoms with Crippen molar-refractivity contribution >= 4 is 5.91 Å². The molecule has 0 N–H and O–H groups in total. The summed E-state index contributed by atoms with van der Waals surface area (Å²) >= 11 is 0. The molecule has 1 saturated carbocycles. The molecule has 1 amide bonds. The summed E-state index contributed by atoms with van der Waals surface area (Å²) in [6.07, 6.45) is 7.82. The Morgan fingerprint density at radius 2 is 2.04 bits per heavy atom. The van der Waals surface area contributed by atoms with Gasteiger partial charge in [0.15, 0.2) is 0 Å². The molecule has 2 heterocycles. The monoisotopic (exact) mass is 370 g/mol. The Labute approximate surface area is 159 Å². The molecular formula is C21H27FN4O. The number of nitrogens with zero attached hydrogens (tertiary/aromatic N) is 4. The fourth-order valence-corrected chi connectivity index (χ4v) is 4.97. The van der Waals surface area contributed by atoms with Crippen LogP contribution < -0.4 is 0 Å². The third-order valence-electron chi connectivity index (χ3n) is 6.45. The van der Waals surface area contributed by atoms with Crippen LogP contribution in [0.3, 0.4) is 0 Å². The molecule has 1 saturated heterocycles. The number of benzene rings is 1. The van der Waals surface area contributed by atoms with Crippen molar-refractivity contribution in [2.45, 2.75) is 57.9 Å². The minimum Gasteiger partial charge on any atom is -0.341 e. The zero-order chi connectivity index (χ0) is 18.9. The molecule has 1 atom stereocenters. The third kappa shape index (κ3) is 3.37. The quantitative estimate of drug-likeness (QED) is 0.827. The second-order valence-electron chi connectivity index (χ2n) is 7.99. The van der Waals surface area contributed by atoms with E-state index >= 15 is 0 Å². The van der Waals surface area contributed by atoms with Crippen molar-refractivity contribution < 1.29 is 9.18 Å². The summed E-state index contributed by atoms with van der Waals surface area (Å²) < 4.78 is 16.1. The van der Waals surface area contributed by atoms with Crippen LogP contribution in [-0.4, -0.2) is 38.7 Å². The Kier molecular flexibility index (Phi) is 4.98. The Morgan fingerprint density at radius 3 is 2.78 bits per heavy atom. The zero-order valence-corrected chi connectivity index (χ0v) is 15.9. The van der Waals surface area contributed by atoms with Gasteiger partial charge in [0.2, 0.25) is 5.91 Å². The van der Waals surface area contributed by atoms with Gasteiger partial charge in [-0.05, 0) is 36.8 Å². The fourth-order valence-electron chi connectivity index (χ4n) is 4.97. The molecule has 6 heteroatoms. The molecule has 4 rings (SSSR count). The normalized spacial score (nSPS) is 21.7. The molecule has 2 aliphatic rings. The summed E-state index contributed by atoms with van der Waals surface area (Å²) in [6, 6.07) is 6.56. The van der Waals surface area contributed by atoms with Crippen molar-refractivity contribution in [3.8, 4) is 0 Å². The molecule has 27 heavy (non-hydrogen) atoms. The number of carbonyl (C=O) groups is 1. The maximum Gasteiger partial charge on any atom is 0.227 e. The number of aryl methyl sites for hydroxylation is 1. The van der Waals surface area contributed by atoms with E-state index < -0.39 is 0 Å². The van der Waals surface area contributed by atoms with Crippen molar-refractivity contribution in [2.75, 3.05) is 13.1 Å². The molecule has 1 spiro atoms. The predicted molar refractivity (Wildman–Crippen MR) is 101 cm³/mol. The number of rotatable bonds is 4. The predicted octanol–water partition coefficient (Wildman–Crippen LogP) is 3.56. The molecule has 1 aromatic heterocycles. The summed E-state index contributed by atoms with van der Waals surface area (Å²) in [5.74, 6) is 0.917. The lowest BCUT2D eigenvalue weighted by molar-refractivity contribution is -0.130. The lowest BCUT2D eigenvalue weighted by atomic mass is 9.67. The van der Waals surface area contributed by atoms with E-state index in [1.54, 1.807) is 24.5 Å². The third-order valence-corrected chi connectivity index (χ3v) is 6.45. The van der Waals surface area contributed by atoms with Crippen molar-refractivity contribution in [3.63, 3.8) is 0 Å². The molecule has 5 nitrogen and oxygen atoms in total. The van der Waals surface area contributed by atoms with E-state index in [0.717, 1.165) is 31.8 Å². The zero-order valence-electron chi connectivity index (χ0n) is 15.9. The van der Waals surface area contributed by atoms with Crippen LogP contribution in [0, 0.1) is 11.2 Å². The lowest BCUT2D eigenvalue weighted by Gasteiger charge is -2.37. The van der Waals surface area contributed by atoms with E-state index in [4.69, 9.17) is 0 Å². The summed E-state index contributed by atoms with van der Waals surface area (Å²) in [4.78, 5) is 14.9. The van der Waals surface area contributed by atoms with Crippen molar-refractivity contribution in [2.24, 2.45) is 5.41 Å². The minimum atomic E-state index is -0.306. The number of hydrogen-bond acceptors (Lipinski definition) is 3. The molecule has 0 bridgehead atoms. The van der Waals surface area contributed by atoms with Crippen molar-refractivity contribution in [1.29, 1.82) is 0 Å². The van der Waals surface area contributed by atoms with Gasteiger partial charge in [-0.15, -0.1) is 10.2 Å². The first-order valence-electron chi connectivity index (χ1n) is 10.0. The molecule has 0 radical (unpaired) electrons. The molecule has 2 fully saturated rings. The lowest BCUT2D eigenvalue weighted by Crippen LogP contribution is -2.35. The standard InChI is InChI=1S/C21H27FN4O/c1-2-25-15-23-24-20(25)17-13-26(14-21(17)10-6-3-7-11-21)19(27)12-16-8-4-5-9-18(16)22/h4-5,8-9,15,17H,2-3,6-7,10-14H2,1H3. The molecular weight excluding hydrogens is 343 g/mol. The molecule has 1 unspecified atom stereocenters. The molecule has 1 aliphatic carbocycles. The van der Waals surface area contributed by atoms with Crippen LogP contribution in [0.15, 0.2) is 30.6 Å². The molecule has 144 valence electrons. The van der Waals surface area contributed by atoms with E-state index in [0.29, 0.717) is 12.1 Å². The minimum absolute atomic E-state index is 0.00936. The van der Waals surface area contributed by atoms with Gasteiger partial charge in [0.05, 0.1) is 6.42 Å². The Morgan fingerprint density at radius 1 is 1.26 bits per heavy atom. The van der Waals surface area contributed by atoms with Crippen LogP contribution in [0.2, 0.25) is 0 Å². The SMILES string of the molecule is CCn1cnnc1C1CN(C(=O)Cc2ccccc2F)CC12CCCCC2. The first kappa shape index (κ1) is 18.1. The Balaban J connectivity index is 1.59. The second kappa shape index (κ2) is 7.41. The largest absolute Gasteiger partial charge is 0.341 e. The van der Waals surface area contributed by atoms with Gasteiger partial charge < -0.3 is 9.47 Å². The van der Waals surface area contributed by atoms with Gasteiger partial charge in [0, 0.05) is 25.6 Å². The Hall–Kier alpha value is -2.24. The van der Waals surface area contributed by atoms with Gasteiger partial charge in [0.1, 0.15) is 18.0 Å². The summed E-state index contributed by atoms with van der Waals surface area (Å²) in [6.45, 7) is 4.34.